The number of hydrogen-bond donors (Lipinski definition) is 0. The van der Waals surface area contributed by atoms with Crippen LogP contribution in [0.3, 0.4) is 0 Å². The Morgan fingerprint density at radius 1 is 0.731 bits per heavy atom. The maximum atomic E-state index is 2.88. The van der Waals surface area contributed by atoms with Gasteiger partial charge < -0.3 is 0 Å². The molecule has 134 valence electrons. The summed E-state index contributed by atoms with van der Waals surface area (Å²) in [5, 5.41) is 4.35. The van der Waals surface area contributed by atoms with Gasteiger partial charge in [0.1, 0.15) is 0 Å². The molecule has 3 aromatic carbocycles. The van der Waals surface area contributed by atoms with Crippen LogP contribution in [0.1, 0.15) is 19.8 Å². The van der Waals surface area contributed by atoms with E-state index in [9.17, 15) is 0 Å². The van der Waals surface area contributed by atoms with E-state index in [4.69, 9.17) is 0 Å². The molecule has 0 saturated heterocycles. The van der Waals surface area contributed by atoms with Crippen LogP contribution in [0.4, 0.5) is 0 Å². The van der Waals surface area contributed by atoms with E-state index in [1.807, 2.05) is 0 Å². The number of halogens is 1. The normalized spacial score (nSPS) is 16.2. The minimum atomic E-state index is -2.77. The van der Waals surface area contributed by atoms with Crippen LogP contribution in [0.2, 0.25) is 0 Å². The van der Waals surface area contributed by atoms with Crippen molar-refractivity contribution in [3.8, 4) is 0 Å². The molecule has 1 aliphatic carbocycles. The maximum absolute atomic E-state index is 2.88. The van der Waals surface area contributed by atoms with Gasteiger partial charge in [-0.15, -0.1) is 0 Å². The molecule has 0 bridgehead atoms. The average molecular weight is 473 g/mol. The summed E-state index contributed by atoms with van der Waals surface area (Å²) >= 11 is 2.88. The zero-order valence-electron chi connectivity index (χ0n) is 15.1. The molecule has 0 N–H and O–H groups in total. The predicted octanol–water partition coefficient (Wildman–Crippen LogP) is 5.27. The van der Waals surface area contributed by atoms with Crippen LogP contribution in [-0.2, 0) is 0 Å². The van der Waals surface area contributed by atoms with Crippen LogP contribution >= 0.6 is 26.4 Å². The van der Waals surface area contributed by atoms with Crippen molar-refractivity contribution in [3.05, 3.63) is 91.0 Å². The molecule has 1 saturated carbocycles. The second kappa shape index (κ2) is 7.07. The Kier molecular flexibility index (Phi) is 4.94. The Morgan fingerprint density at radius 3 is 1.35 bits per heavy atom. The van der Waals surface area contributed by atoms with E-state index in [0.29, 0.717) is 6.04 Å². The monoisotopic (exact) mass is 473 g/mol. The topological polar surface area (TPSA) is 3.24 Å². The van der Waals surface area contributed by atoms with Crippen molar-refractivity contribution in [2.75, 3.05) is 6.54 Å². The average Bonchev–Trinajstić information content (AvgIpc) is 3.55. The molecule has 0 heterocycles. The van der Waals surface area contributed by atoms with Gasteiger partial charge in [-0.05, 0) is 0 Å². The van der Waals surface area contributed by atoms with Crippen molar-refractivity contribution in [1.29, 1.82) is 0 Å². The number of nitrogens with zero attached hydrogens (tertiary/aromatic N) is 1. The summed E-state index contributed by atoms with van der Waals surface area (Å²) < 4.78 is 0.0715. The zero-order chi connectivity index (χ0) is 18.1. The summed E-state index contributed by atoms with van der Waals surface area (Å²) in [5.74, 6) is 0. The van der Waals surface area contributed by atoms with Gasteiger partial charge in [0.2, 0.25) is 0 Å². The molecule has 1 fully saturated rings. The molecule has 26 heavy (non-hydrogen) atoms. The quantitative estimate of drug-likeness (QED) is 0.349. The van der Waals surface area contributed by atoms with Crippen LogP contribution in [0.15, 0.2) is 91.0 Å². The number of hydrogen-bond acceptors (Lipinski definition) is 1. The first-order chi connectivity index (χ1) is 12.7. The van der Waals surface area contributed by atoms with E-state index < -0.39 is 4.40 Å². The fraction of sp³-hybridized carbons (Fsp3) is 0.217. The van der Waals surface area contributed by atoms with E-state index in [2.05, 4.69) is 125 Å². The molecular weight excluding hydrogens is 448 g/mol. The third-order valence-corrected chi connectivity index (χ3v) is 17.4. The van der Waals surface area contributed by atoms with Gasteiger partial charge in [0.05, 0.1) is 0 Å². The van der Waals surface area contributed by atoms with Gasteiger partial charge in [-0.25, -0.2) is 0 Å². The van der Waals surface area contributed by atoms with Crippen LogP contribution < -0.4 is 15.9 Å². The van der Waals surface area contributed by atoms with Crippen molar-refractivity contribution < 1.29 is 0 Å². The second-order valence-electron chi connectivity index (χ2n) is 6.96. The minimum absolute atomic E-state index is 0.676. The first-order valence-electron chi connectivity index (χ1n) is 9.37. The standard InChI is InChI=1S/C23H25INP/c1-2-25(20-18-19-20)26(24,21-12-6-3-7-13-21,22-14-8-4-9-15-22)23-16-10-5-11-17-23/h3-17,20H,2,18-19H2,1H3. The fourth-order valence-corrected chi connectivity index (χ4v) is 14.4. The number of benzene rings is 3. The van der Waals surface area contributed by atoms with Crippen molar-refractivity contribution in [2.45, 2.75) is 25.8 Å². The van der Waals surface area contributed by atoms with Crippen molar-refractivity contribution in [3.63, 3.8) is 0 Å². The summed E-state index contributed by atoms with van der Waals surface area (Å²) in [4.78, 5) is 0. The van der Waals surface area contributed by atoms with Gasteiger partial charge in [0, 0.05) is 0 Å². The summed E-state index contributed by atoms with van der Waals surface area (Å²) in [7, 11) is 0. The van der Waals surface area contributed by atoms with Crippen molar-refractivity contribution in [2.24, 2.45) is 0 Å². The van der Waals surface area contributed by atoms with Gasteiger partial charge in [0.15, 0.2) is 0 Å². The van der Waals surface area contributed by atoms with Crippen LogP contribution in [0.5, 0.6) is 0 Å². The van der Waals surface area contributed by atoms with E-state index in [1.54, 1.807) is 0 Å². The molecule has 4 rings (SSSR count). The molecule has 1 nitrogen and oxygen atoms in total. The molecule has 0 aliphatic heterocycles. The molecule has 3 aromatic rings. The Morgan fingerprint density at radius 2 is 1.08 bits per heavy atom. The van der Waals surface area contributed by atoms with Crippen molar-refractivity contribution >= 4 is 42.4 Å². The Labute approximate surface area is 169 Å². The van der Waals surface area contributed by atoms with Gasteiger partial charge >= 0.3 is 170 Å². The molecule has 0 amide bonds. The third-order valence-electron chi connectivity index (χ3n) is 5.46. The van der Waals surface area contributed by atoms with Gasteiger partial charge in [0.25, 0.3) is 0 Å². The van der Waals surface area contributed by atoms with Crippen LogP contribution in [0.25, 0.3) is 0 Å². The zero-order valence-corrected chi connectivity index (χ0v) is 18.2. The Bertz CT molecular complexity index is 763. The Balaban J connectivity index is 2.14. The van der Waals surface area contributed by atoms with Gasteiger partial charge in [-0.1, -0.05) is 0 Å². The van der Waals surface area contributed by atoms with E-state index in [0.717, 1.165) is 6.54 Å². The van der Waals surface area contributed by atoms with Gasteiger partial charge in [-0.3, -0.25) is 0 Å². The predicted molar refractivity (Wildman–Crippen MR) is 125 cm³/mol. The molecule has 0 radical (unpaired) electrons. The molecule has 0 unspecified atom stereocenters. The second-order valence-corrected chi connectivity index (χ2v) is 16.6. The number of rotatable bonds is 6. The van der Waals surface area contributed by atoms with E-state index in [1.165, 1.54) is 28.8 Å². The molecule has 1 aliphatic rings. The summed E-state index contributed by atoms with van der Waals surface area (Å²) in [6.45, 7) is 3.39. The fourth-order valence-electron chi connectivity index (χ4n) is 4.20. The molecule has 0 aromatic heterocycles. The molecular formula is C23H25INP. The molecule has 0 spiro atoms. The Hall–Kier alpha value is -1.22. The summed E-state index contributed by atoms with van der Waals surface area (Å²) in [6, 6.07) is 34.3. The SMILES string of the molecule is CCN(C1CC1)P(I)(c1ccccc1)(c1ccccc1)c1ccccc1. The summed E-state index contributed by atoms with van der Waals surface area (Å²) in [6.07, 6.45) is 2.61. The first kappa shape index (κ1) is 18.2. The molecule has 3 heteroatoms. The molecule has 0 atom stereocenters. The summed E-state index contributed by atoms with van der Waals surface area (Å²) in [5.41, 5.74) is 0. The van der Waals surface area contributed by atoms with Crippen LogP contribution in [0, 0.1) is 0 Å². The first-order valence-corrected chi connectivity index (χ1v) is 14.3. The van der Waals surface area contributed by atoms with Crippen LogP contribution in [-0.4, -0.2) is 17.3 Å². The van der Waals surface area contributed by atoms with Gasteiger partial charge in [-0.2, -0.15) is 0 Å². The van der Waals surface area contributed by atoms with Crippen molar-refractivity contribution in [1.82, 2.24) is 4.67 Å². The third kappa shape index (κ3) is 2.66. The van der Waals surface area contributed by atoms with E-state index in [-0.39, 0.29) is 0 Å². The van der Waals surface area contributed by atoms with E-state index >= 15 is 0 Å².